The van der Waals surface area contributed by atoms with Gasteiger partial charge < -0.3 is 15.8 Å². The Morgan fingerprint density at radius 1 is 1.35 bits per heavy atom. The molecule has 0 aromatic carbocycles. The van der Waals surface area contributed by atoms with E-state index in [0.717, 1.165) is 12.8 Å². The number of methoxy groups -OCH3 is 1. The molecule has 0 heterocycles. The zero-order valence-electron chi connectivity index (χ0n) is 11.2. The number of rotatable bonds is 7. The fourth-order valence-electron chi connectivity index (χ4n) is 1.60. The van der Waals surface area contributed by atoms with Crippen LogP contribution in [0.5, 0.6) is 0 Å². The van der Waals surface area contributed by atoms with Gasteiger partial charge in [0.2, 0.25) is 5.91 Å². The van der Waals surface area contributed by atoms with Crippen LogP contribution < -0.4 is 11.1 Å². The number of ether oxygens (including phenoxy) is 1. The SMILES string of the molecule is CCCC(CN)C(=O)NC(C(=O)OC)C(C)C. The maximum Gasteiger partial charge on any atom is 0.328 e. The number of carbonyl (C=O) groups is 2. The van der Waals surface area contributed by atoms with Crippen LogP contribution in [0.25, 0.3) is 0 Å². The first-order valence-electron chi connectivity index (χ1n) is 6.06. The predicted molar refractivity (Wildman–Crippen MR) is 66.2 cm³/mol. The van der Waals surface area contributed by atoms with Crippen molar-refractivity contribution >= 4 is 11.9 Å². The van der Waals surface area contributed by atoms with Crippen LogP contribution >= 0.6 is 0 Å². The summed E-state index contributed by atoms with van der Waals surface area (Å²) < 4.78 is 4.66. The normalized spacial score (nSPS) is 14.2. The molecule has 0 aliphatic heterocycles. The minimum atomic E-state index is -0.599. The summed E-state index contributed by atoms with van der Waals surface area (Å²) in [6, 6.07) is -0.599. The first-order chi connectivity index (χ1) is 7.97. The van der Waals surface area contributed by atoms with Gasteiger partial charge in [-0.05, 0) is 12.3 Å². The highest BCUT2D eigenvalue weighted by Gasteiger charge is 2.27. The van der Waals surface area contributed by atoms with E-state index in [0.29, 0.717) is 6.54 Å². The second-order valence-electron chi connectivity index (χ2n) is 4.47. The van der Waals surface area contributed by atoms with E-state index in [-0.39, 0.29) is 17.7 Å². The molecule has 0 aliphatic carbocycles. The fraction of sp³-hybridized carbons (Fsp3) is 0.833. The van der Waals surface area contributed by atoms with Gasteiger partial charge in [0.05, 0.1) is 13.0 Å². The van der Waals surface area contributed by atoms with Gasteiger partial charge in [-0.15, -0.1) is 0 Å². The molecule has 0 saturated carbocycles. The molecule has 5 nitrogen and oxygen atoms in total. The Bertz CT molecular complexity index is 254. The van der Waals surface area contributed by atoms with Gasteiger partial charge in [0, 0.05) is 6.54 Å². The molecule has 100 valence electrons. The molecule has 2 unspecified atom stereocenters. The van der Waals surface area contributed by atoms with E-state index in [1.165, 1.54) is 7.11 Å². The highest BCUT2D eigenvalue weighted by Crippen LogP contribution is 2.08. The van der Waals surface area contributed by atoms with E-state index < -0.39 is 12.0 Å². The van der Waals surface area contributed by atoms with Crippen molar-refractivity contribution in [1.29, 1.82) is 0 Å². The molecular weight excluding hydrogens is 220 g/mol. The van der Waals surface area contributed by atoms with Crippen molar-refractivity contribution in [2.45, 2.75) is 39.7 Å². The Balaban J connectivity index is 4.53. The van der Waals surface area contributed by atoms with E-state index in [1.54, 1.807) is 0 Å². The van der Waals surface area contributed by atoms with E-state index in [4.69, 9.17) is 5.73 Å². The van der Waals surface area contributed by atoms with Crippen LogP contribution in [0.4, 0.5) is 0 Å². The van der Waals surface area contributed by atoms with Gasteiger partial charge >= 0.3 is 5.97 Å². The standard InChI is InChI=1S/C12H24N2O3/c1-5-6-9(7-13)11(15)14-10(8(2)3)12(16)17-4/h8-10H,5-7,13H2,1-4H3,(H,14,15). The number of nitrogens with two attached hydrogens (primary N) is 1. The van der Waals surface area contributed by atoms with Crippen LogP contribution in [0.1, 0.15) is 33.6 Å². The van der Waals surface area contributed by atoms with Gasteiger partial charge in [-0.1, -0.05) is 27.2 Å². The molecule has 0 rings (SSSR count). The molecule has 3 N–H and O–H groups in total. The predicted octanol–water partition coefficient (Wildman–Crippen LogP) is 0.675. The first kappa shape index (κ1) is 15.9. The maximum atomic E-state index is 11.9. The highest BCUT2D eigenvalue weighted by molar-refractivity contribution is 5.86. The molecule has 2 atom stereocenters. The lowest BCUT2D eigenvalue weighted by molar-refractivity contribution is -0.146. The topological polar surface area (TPSA) is 81.4 Å². The summed E-state index contributed by atoms with van der Waals surface area (Å²) in [6.45, 7) is 6.01. The summed E-state index contributed by atoms with van der Waals surface area (Å²) in [6.07, 6.45) is 1.62. The molecule has 0 aliphatic rings. The van der Waals surface area contributed by atoms with Crippen molar-refractivity contribution in [3.63, 3.8) is 0 Å². The van der Waals surface area contributed by atoms with E-state index in [2.05, 4.69) is 10.1 Å². The maximum absolute atomic E-state index is 11.9. The van der Waals surface area contributed by atoms with Crippen molar-refractivity contribution < 1.29 is 14.3 Å². The van der Waals surface area contributed by atoms with Crippen LogP contribution in [0, 0.1) is 11.8 Å². The number of esters is 1. The molecule has 0 spiro atoms. The van der Waals surface area contributed by atoms with Crippen molar-refractivity contribution in [3.8, 4) is 0 Å². The Kier molecular flexibility index (Phi) is 7.54. The largest absolute Gasteiger partial charge is 0.467 e. The summed E-state index contributed by atoms with van der Waals surface area (Å²) in [5, 5.41) is 2.71. The molecule has 5 heteroatoms. The average Bonchev–Trinajstić information content (AvgIpc) is 2.31. The Hall–Kier alpha value is -1.10. The molecule has 0 saturated heterocycles. The molecule has 0 aromatic rings. The third-order valence-corrected chi connectivity index (χ3v) is 2.71. The lowest BCUT2D eigenvalue weighted by atomic mass is 10.00. The third kappa shape index (κ3) is 5.17. The van der Waals surface area contributed by atoms with E-state index >= 15 is 0 Å². The van der Waals surface area contributed by atoms with E-state index in [1.807, 2.05) is 20.8 Å². The van der Waals surface area contributed by atoms with Crippen molar-refractivity contribution in [1.82, 2.24) is 5.32 Å². The van der Waals surface area contributed by atoms with Crippen molar-refractivity contribution in [2.24, 2.45) is 17.6 Å². The Morgan fingerprint density at radius 2 is 1.94 bits per heavy atom. The number of nitrogens with one attached hydrogen (secondary N) is 1. The minimum Gasteiger partial charge on any atom is -0.467 e. The molecular formula is C12H24N2O3. The lowest BCUT2D eigenvalue weighted by Gasteiger charge is -2.22. The summed E-state index contributed by atoms with van der Waals surface area (Å²) >= 11 is 0. The monoisotopic (exact) mass is 244 g/mol. The number of carbonyl (C=O) groups excluding carboxylic acids is 2. The second-order valence-corrected chi connectivity index (χ2v) is 4.47. The lowest BCUT2D eigenvalue weighted by Crippen LogP contribution is -2.48. The van der Waals surface area contributed by atoms with E-state index in [9.17, 15) is 9.59 Å². The molecule has 17 heavy (non-hydrogen) atoms. The van der Waals surface area contributed by atoms with Crippen LogP contribution in [0.15, 0.2) is 0 Å². The third-order valence-electron chi connectivity index (χ3n) is 2.71. The summed E-state index contributed by atoms with van der Waals surface area (Å²) in [5.41, 5.74) is 5.54. The fourth-order valence-corrected chi connectivity index (χ4v) is 1.60. The minimum absolute atomic E-state index is 0.00792. The number of hydrogen-bond acceptors (Lipinski definition) is 4. The zero-order chi connectivity index (χ0) is 13.4. The molecule has 0 aromatic heterocycles. The second kappa shape index (κ2) is 8.06. The number of hydrogen-bond donors (Lipinski definition) is 2. The average molecular weight is 244 g/mol. The summed E-state index contributed by atoms with van der Waals surface area (Å²) in [7, 11) is 1.32. The van der Waals surface area contributed by atoms with Crippen molar-refractivity contribution in [3.05, 3.63) is 0 Å². The van der Waals surface area contributed by atoms with Crippen LogP contribution in [-0.4, -0.2) is 31.6 Å². The highest BCUT2D eigenvalue weighted by atomic mass is 16.5. The van der Waals surface area contributed by atoms with Crippen LogP contribution in [-0.2, 0) is 14.3 Å². The Labute approximate surface area is 103 Å². The molecule has 0 bridgehead atoms. The summed E-state index contributed by atoms with van der Waals surface area (Å²) in [4.78, 5) is 23.4. The number of amides is 1. The zero-order valence-corrected chi connectivity index (χ0v) is 11.2. The van der Waals surface area contributed by atoms with Gasteiger partial charge in [-0.3, -0.25) is 4.79 Å². The van der Waals surface area contributed by atoms with Gasteiger partial charge in [0.15, 0.2) is 0 Å². The van der Waals surface area contributed by atoms with Crippen LogP contribution in [0.2, 0.25) is 0 Å². The molecule has 0 fully saturated rings. The quantitative estimate of drug-likeness (QED) is 0.645. The smallest absolute Gasteiger partial charge is 0.328 e. The molecule has 0 radical (unpaired) electrons. The Morgan fingerprint density at radius 3 is 2.29 bits per heavy atom. The van der Waals surface area contributed by atoms with Crippen LogP contribution in [0.3, 0.4) is 0 Å². The molecule has 1 amide bonds. The first-order valence-corrected chi connectivity index (χ1v) is 6.06. The van der Waals surface area contributed by atoms with Gasteiger partial charge in [0.1, 0.15) is 6.04 Å². The van der Waals surface area contributed by atoms with Gasteiger partial charge in [0.25, 0.3) is 0 Å². The van der Waals surface area contributed by atoms with Gasteiger partial charge in [-0.2, -0.15) is 0 Å². The summed E-state index contributed by atoms with van der Waals surface area (Å²) in [5.74, 6) is -0.823. The van der Waals surface area contributed by atoms with Gasteiger partial charge in [-0.25, -0.2) is 4.79 Å². The van der Waals surface area contributed by atoms with Crippen molar-refractivity contribution in [2.75, 3.05) is 13.7 Å².